The van der Waals surface area contributed by atoms with E-state index in [2.05, 4.69) is 10.7 Å². The van der Waals surface area contributed by atoms with Crippen LogP contribution < -0.4 is 26.1 Å². The number of nitrogens with two attached hydrogens (primary N) is 1. The van der Waals surface area contributed by atoms with Gasteiger partial charge in [0.05, 0.1) is 5.69 Å². The van der Waals surface area contributed by atoms with Gasteiger partial charge in [0.15, 0.2) is 11.5 Å². The fourth-order valence-corrected chi connectivity index (χ4v) is 2.65. The zero-order valence-electron chi connectivity index (χ0n) is 15.6. The molecule has 0 aromatic heterocycles. The number of hydrogen-bond donors (Lipinski definition) is 3. The lowest BCUT2D eigenvalue weighted by molar-refractivity contribution is 0.257. The molecule has 4 N–H and O–H groups in total. The van der Waals surface area contributed by atoms with Gasteiger partial charge in [0.1, 0.15) is 13.2 Å². The lowest BCUT2D eigenvalue weighted by Gasteiger charge is -2.17. The lowest BCUT2D eigenvalue weighted by Crippen LogP contribution is -2.28. The third-order valence-corrected chi connectivity index (χ3v) is 4.03. The van der Waals surface area contributed by atoms with Gasteiger partial charge in [-0.15, -0.1) is 12.4 Å². The standard InChI is InChI=1S/C22H25N3O2.ClH/c23-25-15-14-24-20-12-7-13-21(26-16-18-8-3-1-4-9-18)22(20)27-17-19-10-5-2-6-11-19;/h1-13,24-25H,14-17,23H2;1H. The number of hydrogen-bond acceptors (Lipinski definition) is 5. The summed E-state index contributed by atoms with van der Waals surface area (Å²) >= 11 is 0. The average molecular weight is 400 g/mol. The Morgan fingerprint density at radius 3 is 1.89 bits per heavy atom. The first-order chi connectivity index (χ1) is 13.4. The van der Waals surface area contributed by atoms with Gasteiger partial charge >= 0.3 is 0 Å². The van der Waals surface area contributed by atoms with Gasteiger partial charge in [0.2, 0.25) is 0 Å². The average Bonchev–Trinajstić information content (AvgIpc) is 2.73. The Hall–Kier alpha value is -2.73. The number of benzene rings is 3. The molecule has 0 atom stereocenters. The predicted molar refractivity (Wildman–Crippen MR) is 116 cm³/mol. The summed E-state index contributed by atoms with van der Waals surface area (Å²) in [5, 5.41) is 3.34. The SMILES string of the molecule is Cl.NNCCNc1cccc(OCc2ccccc2)c1OCc1ccccc1. The van der Waals surface area contributed by atoms with Crippen LogP contribution in [0.3, 0.4) is 0 Å². The third kappa shape index (κ3) is 6.46. The molecule has 3 rings (SSSR count). The third-order valence-electron chi connectivity index (χ3n) is 4.03. The number of anilines is 1. The van der Waals surface area contributed by atoms with Gasteiger partial charge in [-0.3, -0.25) is 11.3 Å². The second kappa shape index (κ2) is 11.9. The molecule has 28 heavy (non-hydrogen) atoms. The highest BCUT2D eigenvalue weighted by atomic mass is 35.5. The largest absolute Gasteiger partial charge is 0.485 e. The number of nitrogens with one attached hydrogen (secondary N) is 2. The second-order valence-electron chi connectivity index (χ2n) is 6.06. The Morgan fingerprint density at radius 1 is 0.679 bits per heavy atom. The molecule has 3 aromatic rings. The van der Waals surface area contributed by atoms with Crippen LogP contribution in [-0.4, -0.2) is 13.1 Å². The zero-order chi connectivity index (χ0) is 18.7. The van der Waals surface area contributed by atoms with E-state index in [0.717, 1.165) is 16.8 Å². The summed E-state index contributed by atoms with van der Waals surface area (Å²) in [6.07, 6.45) is 0. The van der Waals surface area contributed by atoms with Crippen LogP contribution in [0.15, 0.2) is 78.9 Å². The van der Waals surface area contributed by atoms with Crippen molar-refractivity contribution >= 4 is 18.1 Å². The van der Waals surface area contributed by atoms with Gasteiger partial charge in [0.25, 0.3) is 0 Å². The number of halogens is 1. The minimum Gasteiger partial charge on any atom is -0.485 e. The minimum absolute atomic E-state index is 0. The Morgan fingerprint density at radius 2 is 1.29 bits per heavy atom. The summed E-state index contributed by atoms with van der Waals surface area (Å²) < 4.78 is 12.2. The first-order valence-corrected chi connectivity index (χ1v) is 9.00. The first kappa shape index (κ1) is 21.6. The van der Waals surface area contributed by atoms with Gasteiger partial charge in [-0.25, -0.2) is 0 Å². The minimum atomic E-state index is 0. The summed E-state index contributed by atoms with van der Waals surface area (Å²) in [5.74, 6) is 6.77. The van der Waals surface area contributed by atoms with E-state index in [0.29, 0.717) is 37.8 Å². The molecule has 3 aromatic carbocycles. The van der Waals surface area contributed by atoms with Crippen LogP contribution in [0.1, 0.15) is 11.1 Å². The highest BCUT2D eigenvalue weighted by Crippen LogP contribution is 2.36. The van der Waals surface area contributed by atoms with E-state index in [1.807, 2.05) is 78.9 Å². The Labute approximate surface area is 172 Å². The molecule has 0 fully saturated rings. The molecule has 0 amide bonds. The van der Waals surface area contributed by atoms with Crippen LogP contribution in [0.2, 0.25) is 0 Å². The molecule has 0 spiro atoms. The van der Waals surface area contributed by atoms with E-state index in [1.165, 1.54) is 0 Å². The maximum absolute atomic E-state index is 6.13. The van der Waals surface area contributed by atoms with Gasteiger partial charge in [-0.2, -0.15) is 0 Å². The van der Waals surface area contributed by atoms with Gasteiger partial charge < -0.3 is 14.8 Å². The molecule has 0 aliphatic carbocycles. The van der Waals surface area contributed by atoms with Crippen molar-refractivity contribution in [3.8, 4) is 11.5 Å². The smallest absolute Gasteiger partial charge is 0.184 e. The van der Waals surface area contributed by atoms with Gasteiger partial charge in [-0.05, 0) is 23.3 Å². The van der Waals surface area contributed by atoms with E-state index in [1.54, 1.807) is 0 Å². The first-order valence-electron chi connectivity index (χ1n) is 9.00. The van der Waals surface area contributed by atoms with Crippen LogP contribution in [0, 0.1) is 0 Å². The molecule has 5 nitrogen and oxygen atoms in total. The molecular weight excluding hydrogens is 374 g/mol. The van der Waals surface area contributed by atoms with E-state index in [9.17, 15) is 0 Å². The van der Waals surface area contributed by atoms with E-state index >= 15 is 0 Å². The van der Waals surface area contributed by atoms with Gasteiger partial charge in [-0.1, -0.05) is 66.7 Å². The van der Waals surface area contributed by atoms with Crippen molar-refractivity contribution in [2.75, 3.05) is 18.4 Å². The summed E-state index contributed by atoms with van der Waals surface area (Å²) in [5.41, 5.74) is 5.73. The number of para-hydroxylation sites is 1. The van der Waals surface area contributed by atoms with Crippen molar-refractivity contribution in [1.82, 2.24) is 5.43 Å². The van der Waals surface area contributed by atoms with Crippen molar-refractivity contribution in [1.29, 1.82) is 0 Å². The van der Waals surface area contributed by atoms with E-state index in [-0.39, 0.29) is 12.4 Å². The molecule has 0 aliphatic rings. The molecule has 0 saturated heterocycles. The van der Waals surface area contributed by atoms with Crippen LogP contribution in [0.5, 0.6) is 11.5 Å². The molecular formula is C22H26ClN3O2. The van der Waals surface area contributed by atoms with Crippen LogP contribution in [0.25, 0.3) is 0 Å². The lowest BCUT2D eigenvalue weighted by atomic mass is 10.2. The highest BCUT2D eigenvalue weighted by Gasteiger charge is 2.12. The fourth-order valence-electron chi connectivity index (χ4n) is 2.65. The summed E-state index contributed by atoms with van der Waals surface area (Å²) in [6.45, 7) is 2.28. The Kier molecular flexibility index (Phi) is 9.15. The molecule has 0 saturated carbocycles. The quantitative estimate of drug-likeness (QED) is 0.271. The Balaban J connectivity index is 0.00000280. The van der Waals surface area contributed by atoms with Crippen LogP contribution in [-0.2, 0) is 13.2 Å². The number of rotatable bonds is 10. The molecule has 0 aliphatic heterocycles. The predicted octanol–water partition coefficient (Wildman–Crippen LogP) is 4.14. The molecule has 0 bridgehead atoms. The topological polar surface area (TPSA) is 68.5 Å². The van der Waals surface area contributed by atoms with E-state index < -0.39 is 0 Å². The van der Waals surface area contributed by atoms with Crippen molar-refractivity contribution < 1.29 is 9.47 Å². The van der Waals surface area contributed by atoms with Crippen molar-refractivity contribution in [3.63, 3.8) is 0 Å². The van der Waals surface area contributed by atoms with Crippen molar-refractivity contribution in [2.24, 2.45) is 5.84 Å². The van der Waals surface area contributed by atoms with Gasteiger partial charge in [0, 0.05) is 13.1 Å². The molecule has 0 unspecified atom stereocenters. The maximum Gasteiger partial charge on any atom is 0.184 e. The molecule has 0 radical (unpaired) electrons. The summed E-state index contributed by atoms with van der Waals surface area (Å²) in [6, 6.07) is 26.0. The number of hydrazine groups is 1. The normalized spacial score (nSPS) is 10.0. The zero-order valence-corrected chi connectivity index (χ0v) is 16.5. The van der Waals surface area contributed by atoms with Crippen LogP contribution in [0.4, 0.5) is 5.69 Å². The Bertz CT molecular complexity index is 817. The summed E-state index contributed by atoms with van der Waals surface area (Å²) in [4.78, 5) is 0. The molecule has 6 heteroatoms. The summed E-state index contributed by atoms with van der Waals surface area (Å²) in [7, 11) is 0. The molecule has 0 heterocycles. The van der Waals surface area contributed by atoms with Crippen molar-refractivity contribution in [3.05, 3.63) is 90.0 Å². The number of ether oxygens (including phenoxy) is 2. The highest BCUT2D eigenvalue weighted by molar-refractivity contribution is 5.85. The fraction of sp³-hybridized carbons (Fsp3) is 0.182. The van der Waals surface area contributed by atoms with Crippen LogP contribution >= 0.6 is 12.4 Å². The monoisotopic (exact) mass is 399 g/mol. The molecule has 148 valence electrons. The van der Waals surface area contributed by atoms with E-state index in [4.69, 9.17) is 15.3 Å². The van der Waals surface area contributed by atoms with Crippen molar-refractivity contribution in [2.45, 2.75) is 13.2 Å². The maximum atomic E-state index is 6.13. The second-order valence-corrected chi connectivity index (χ2v) is 6.06.